The van der Waals surface area contributed by atoms with Gasteiger partial charge < -0.3 is 0 Å². The van der Waals surface area contributed by atoms with E-state index in [4.69, 9.17) is 15.3 Å². The number of hydrogen-bond acceptors (Lipinski definition) is 3. The third kappa shape index (κ3) is 4.69. The first-order chi connectivity index (χ1) is 19.6. The summed E-state index contributed by atoms with van der Waals surface area (Å²) in [6.07, 6.45) is 0. The summed E-state index contributed by atoms with van der Waals surface area (Å²) in [4.78, 5) is 0. The maximum absolute atomic E-state index is 5.20. The highest BCUT2D eigenvalue weighted by Gasteiger charge is 2.38. The fourth-order valence-electron chi connectivity index (χ4n) is 5.58. The molecule has 3 aromatic heterocycles. The Morgan fingerprint density at radius 3 is 0.902 bits per heavy atom. The SMILES string of the molecule is Cc1ccc(-c2cc(C)n(C(C)(n3nc(-c4ccc(C)cc4)cc3C)n3nc(-c4ccc(C)cc4)cc3C)n2)cc1. The number of hydrogen-bond donors (Lipinski definition) is 0. The third-order valence-electron chi connectivity index (χ3n) is 7.91. The van der Waals surface area contributed by atoms with Crippen LogP contribution >= 0.6 is 0 Å². The fraction of sp³-hybridized carbons (Fsp3) is 0.229. The van der Waals surface area contributed by atoms with Gasteiger partial charge in [-0.1, -0.05) is 89.5 Å². The van der Waals surface area contributed by atoms with Crippen LogP contribution in [0.1, 0.15) is 40.7 Å². The normalized spacial score (nSPS) is 11.8. The summed E-state index contributed by atoms with van der Waals surface area (Å²) in [7, 11) is 0. The van der Waals surface area contributed by atoms with Crippen molar-refractivity contribution in [2.24, 2.45) is 0 Å². The predicted octanol–water partition coefficient (Wildman–Crippen LogP) is 7.85. The molecule has 0 N–H and O–H groups in total. The monoisotopic (exact) mass is 540 g/mol. The second-order valence-electron chi connectivity index (χ2n) is 11.3. The highest BCUT2D eigenvalue weighted by atomic mass is 15.6. The number of aromatic nitrogens is 6. The lowest BCUT2D eigenvalue weighted by atomic mass is 10.1. The second kappa shape index (κ2) is 10.0. The van der Waals surface area contributed by atoms with E-state index in [0.29, 0.717) is 0 Å². The molecule has 3 aromatic carbocycles. The van der Waals surface area contributed by atoms with Gasteiger partial charge in [0.2, 0.25) is 5.79 Å². The molecule has 0 aliphatic heterocycles. The van der Waals surface area contributed by atoms with Gasteiger partial charge in [-0.3, -0.25) is 0 Å². The molecule has 6 nitrogen and oxygen atoms in total. The summed E-state index contributed by atoms with van der Waals surface area (Å²) in [5.74, 6) is -0.896. The first-order valence-corrected chi connectivity index (χ1v) is 14.1. The summed E-state index contributed by atoms with van der Waals surface area (Å²) in [6, 6.07) is 31.9. The molecular weight excluding hydrogens is 504 g/mol. The molecular formula is C35H36N6. The van der Waals surface area contributed by atoms with Gasteiger partial charge in [0, 0.05) is 40.7 Å². The van der Waals surface area contributed by atoms with Crippen molar-refractivity contribution in [2.45, 2.75) is 54.3 Å². The topological polar surface area (TPSA) is 53.5 Å². The van der Waals surface area contributed by atoms with Gasteiger partial charge in [-0.15, -0.1) is 0 Å². The summed E-state index contributed by atoms with van der Waals surface area (Å²) >= 11 is 0. The lowest BCUT2D eigenvalue weighted by molar-refractivity contribution is 0.133. The van der Waals surface area contributed by atoms with Crippen LogP contribution < -0.4 is 0 Å². The van der Waals surface area contributed by atoms with Gasteiger partial charge in [0.15, 0.2) is 0 Å². The Balaban J connectivity index is 1.56. The van der Waals surface area contributed by atoms with Crippen molar-refractivity contribution in [1.82, 2.24) is 29.3 Å². The molecule has 0 saturated carbocycles. The smallest absolute Gasteiger partial charge is 0.221 e. The van der Waals surface area contributed by atoms with Gasteiger partial charge >= 0.3 is 0 Å². The van der Waals surface area contributed by atoms with E-state index in [1.54, 1.807) is 0 Å². The van der Waals surface area contributed by atoms with E-state index >= 15 is 0 Å². The molecule has 6 heteroatoms. The van der Waals surface area contributed by atoms with Crippen LogP contribution in [0.4, 0.5) is 0 Å². The van der Waals surface area contributed by atoms with Gasteiger partial charge in [-0.25, -0.2) is 14.0 Å². The number of benzene rings is 3. The number of aryl methyl sites for hydroxylation is 6. The lowest BCUT2D eigenvalue weighted by Crippen LogP contribution is -2.48. The molecule has 0 saturated heterocycles. The molecule has 0 unspecified atom stereocenters. The van der Waals surface area contributed by atoms with E-state index in [-0.39, 0.29) is 0 Å². The Labute approximate surface area is 241 Å². The van der Waals surface area contributed by atoms with Crippen molar-refractivity contribution in [1.29, 1.82) is 0 Å². The Kier molecular flexibility index (Phi) is 6.49. The summed E-state index contributed by atoms with van der Waals surface area (Å²) in [6.45, 7) is 14.7. The van der Waals surface area contributed by atoms with Crippen molar-refractivity contribution in [2.75, 3.05) is 0 Å². The van der Waals surface area contributed by atoms with Crippen LogP contribution in [0, 0.1) is 41.5 Å². The minimum absolute atomic E-state index is 0.896. The Morgan fingerprint density at radius 2 is 0.659 bits per heavy atom. The molecule has 0 atom stereocenters. The van der Waals surface area contributed by atoms with Crippen LogP contribution in [-0.2, 0) is 5.79 Å². The van der Waals surface area contributed by atoms with Gasteiger partial charge in [0.25, 0.3) is 0 Å². The zero-order valence-electron chi connectivity index (χ0n) is 24.8. The fourth-order valence-corrected chi connectivity index (χ4v) is 5.58. The minimum Gasteiger partial charge on any atom is -0.221 e. The van der Waals surface area contributed by atoms with Gasteiger partial charge in [-0.05, 0) is 59.7 Å². The molecule has 0 aliphatic rings. The molecule has 6 aromatic rings. The van der Waals surface area contributed by atoms with E-state index in [1.807, 2.05) is 0 Å². The average Bonchev–Trinajstić information content (AvgIpc) is 3.66. The lowest BCUT2D eigenvalue weighted by Gasteiger charge is -2.34. The molecule has 0 amide bonds. The van der Waals surface area contributed by atoms with Crippen LogP contribution in [0.5, 0.6) is 0 Å². The number of nitrogens with zero attached hydrogens (tertiary/aromatic N) is 6. The molecule has 206 valence electrons. The standard InChI is InChI=1S/C35H36N6/c1-23-8-14-29(15-9-23)32-20-26(4)39(36-32)35(7,40-27(5)21-33(37-40)30-16-10-24(2)11-17-30)41-28(6)22-34(38-41)31-18-12-25(3)13-19-31/h8-22H,1-7H3. The van der Waals surface area contributed by atoms with Crippen molar-refractivity contribution in [3.05, 3.63) is 125 Å². The maximum Gasteiger partial charge on any atom is 0.246 e. The first-order valence-electron chi connectivity index (χ1n) is 14.1. The number of rotatable bonds is 6. The summed E-state index contributed by atoms with van der Waals surface area (Å²) in [5.41, 5.74) is 12.7. The Bertz CT molecular complexity index is 1610. The minimum atomic E-state index is -0.896. The van der Waals surface area contributed by atoms with Crippen molar-refractivity contribution < 1.29 is 0 Å². The molecule has 6 rings (SSSR count). The van der Waals surface area contributed by atoms with Crippen LogP contribution in [0.25, 0.3) is 33.8 Å². The summed E-state index contributed by atoms with van der Waals surface area (Å²) in [5, 5.41) is 15.6. The van der Waals surface area contributed by atoms with E-state index in [0.717, 1.165) is 50.9 Å². The largest absolute Gasteiger partial charge is 0.246 e. The predicted molar refractivity (Wildman–Crippen MR) is 166 cm³/mol. The van der Waals surface area contributed by atoms with Crippen molar-refractivity contribution in [3.63, 3.8) is 0 Å². The molecule has 3 heterocycles. The van der Waals surface area contributed by atoms with Crippen molar-refractivity contribution >= 4 is 0 Å². The van der Waals surface area contributed by atoms with Crippen LogP contribution in [0.3, 0.4) is 0 Å². The van der Waals surface area contributed by atoms with Gasteiger partial charge in [0.1, 0.15) is 0 Å². The molecule has 0 spiro atoms. The van der Waals surface area contributed by atoms with E-state index in [9.17, 15) is 0 Å². The van der Waals surface area contributed by atoms with Crippen LogP contribution in [0.15, 0.2) is 91.0 Å². The zero-order chi connectivity index (χ0) is 28.9. The van der Waals surface area contributed by atoms with Crippen molar-refractivity contribution in [3.8, 4) is 33.8 Å². The summed E-state index contributed by atoms with van der Waals surface area (Å²) < 4.78 is 6.17. The van der Waals surface area contributed by atoms with Crippen LogP contribution in [-0.4, -0.2) is 29.3 Å². The molecule has 41 heavy (non-hydrogen) atoms. The molecule has 0 fully saturated rings. The third-order valence-corrected chi connectivity index (χ3v) is 7.91. The van der Waals surface area contributed by atoms with E-state index in [2.05, 4.69) is 154 Å². The van der Waals surface area contributed by atoms with E-state index in [1.165, 1.54) is 16.7 Å². The zero-order valence-corrected chi connectivity index (χ0v) is 24.8. The maximum atomic E-state index is 5.20. The first kappa shape index (κ1) is 26.5. The Hall–Kier alpha value is -4.71. The quantitative estimate of drug-likeness (QED) is 0.216. The van der Waals surface area contributed by atoms with Gasteiger partial charge in [-0.2, -0.15) is 15.3 Å². The Morgan fingerprint density at radius 1 is 0.415 bits per heavy atom. The highest BCUT2D eigenvalue weighted by molar-refractivity contribution is 5.62. The molecule has 0 bridgehead atoms. The van der Waals surface area contributed by atoms with E-state index < -0.39 is 5.79 Å². The second-order valence-corrected chi connectivity index (χ2v) is 11.3. The van der Waals surface area contributed by atoms with Gasteiger partial charge in [0.05, 0.1) is 17.1 Å². The average molecular weight is 541 g/mol. The molecule has 0 aliphatic carbocycles. The molecule has 0 radical (unpaired) electrons. The highest BCUT2D eigenvalue weighted by Crippen LogP contribution is 2.32. The van der Waals surface area contributed by atoms with Crippen LogP contribution in [0.2, 0.25) is 0 Å².